The molecule has 0 atom stereocenters. The lowest BCUT2D eigenvalue weighted by atomic mass is 10.2. The first kappa shape index (κ1) is 20.8. The molecular formula is C22H22N4O4S. The van der Waals surface area contributed by atoms with Gasteiger partial charge in [0.1, 0.15) is 5.69 Å². The number of rotatable bonds is 4. The molecule has 3 amide bonds. The monoisotopic (exact) mass is 438 g/mol. The van der Waals surface area contributed by atoms with Crippen LogP contribution in [0.3, 0.4) is 0 Å². The lowest BCUT2D eigenvalue weighted by molar-refractivity contribution is 0.0526. The van der Waals surface area contributed by atoms with E-state index < -0.39 is 5.97 Å². The molecule has 160 valence electrons. The van der Waals surface area contributed by atoms with Crippen molar-refractivity contribution in [3.63, 3.8) is 0 Å². The lowest BCUT2D eigenvalue weighted by Gasteiger charge is -2.34. The Morgan fingerprint density at radius 2 is 1.68 bits per heavy atom. The van der Waals surface area contributed by atoms with Crippen molar-refractivity contribution >= 4 is 45.2 Å². The van der Waals surface area contributed by atoms with E-state index in [9.17, 15) is 14.4 Å². The number of aromatic nitrogens is 1. The van der Waals surface area contributed by atoms with E-state index in [4.69, 9.17) is 4.74 Å². The number of carbonyl (C=O) groups excluding carboxylic acids is 3. The van der Waals surface area contributed by atoms with Gasteiger partial charge in [-0.05, 0) is 48.8 Å². The van der Waals surface area contributed by atoms with Gasteiger partial charge >= 0.3 is 12.0 Å². The summed E-state index contributed by atoms with van der Waals surface area (Å²) in [5.74, 6) is -0.499. The standard InChI is InChI=1S/C22H22N4O4S/c1-2-30-21(28)15-7-9-16(10-8-15)23-22(29)26-13-11-25(12-14-26)20(27)19-17-5-3-4-6-18(17)31-24-19/h3-10H,2,11-14H2,1H3,(H,23,29). The number of nitrogens with one attached hydrogen (secondary N) is 1. The van der Waals surface area contributed by atoms with Crippen molar-refractivity contribution < 1.29 is 19.1 Å². The molecule has 0 aliphatic carbocycles. The number of benzene rings is 2. The Labute approximate surface area is 183 Å². The maximum atomic E-state index is 12.9. The van der Waals surface area contributed by atoms with Crippen LogP contribution in [0.1, 0.15) is 27.8 Å². The fraction of sp³-hybridized carbons (Fsp3) is 0.273. The predicted octanol–water partition coefficient (Wildman–Crippen LogP) is 3.46. The van der Waals surface area contributed by atoms with Crippen molar-refractivity contribution in [2.75, 3.05) is 38.1 Å². The van der Waals surface area contributed by atoms with E-state index in [1.165, 1.54) is 11.5 Å². The topological polar surface area (TPSA) is 91.8 Å². The zero-order valence-corrected chi connectivity index (χ0v) is 17.9. The molecule has 0 radical (unpaired) electrons. The zero-order chi connectivity index (χ0) is 21.8. The van der Waals surface area contributed by atoms with E-state index in [0.29, 0.717) is 49.7 Å². The van der Waals surface area contributed by atoms with Crippen LogP contribution in [0.2, 0.25) is 0 Å². The summed E-state index contributed by atoms with van der Waals surface area (Å²) in [6.07, 6.45) is 0. The first-order valence-corrected chi connectivity index (χ1v) is 10.8. The Hall–Kier alpha value is -3.46. The van der Waals surface area contributed by atoms with Crippen molar-refractivity contribution in [1.82, 2.24) is 14.2 Å². The third-order valence-corrected chi connectivity index (χ3v) is 5.91. The number of hydrogen-bond acceptors (Lipinski definition) is 6. The number of ether oxygens (including phenoxy) is 1. The van der Waals surface area contributed by atoms with E-state index in [-0.39, 0.29) is 11.9 Å². The summed E-state index contributed by atoms with van der Waals surface area (Å²) >= 11 is 1.32. The summed E-state index contributed by atoms with van der Waals surface area (Å²) < 4.78 is 10.3. The van der Waals surface area contributed by atoms with Crippen LogP contribution >= 0.6 is 11.5 Å². The third kappa shape index (κ3) is 4.51. The van der Waals surface area contributed by atoms with E-state index in [1.807, 2.05) is 24.3 Å². The smallest absolute Gasteiger partial charge is 0.338 e. The summed E-state index contributed by atoms with van der Waals surface area (Å²) in [7, 11) is 0. The second-order valence-corrected chi connectivity index (χ2v) is 7.84. The highest BCUT2D eigenvalue weighted by Crippen LogP contribution is 2.24. The molecule has 31 heavy (non-hydrogen) atoms. The quantitative estimate of drug-likeness (QED) is 0.630. The predicted molar refractivity (Wildman–Crippen MR) is 119 cm³/mol. The van der Waals surface area contributed by atoms with Gasteiger partial charge in [-0.1, -0.05) is 18.2 Å². The molecule has 1 saturated heterocycles. The fourth-order valence-corrected chi connectivity index (χ4v) is 4.18. The molecule has 0 unspecified atom stereocenters. The van der Waals surface area contributed by atoms with Crippen molar-refractivity contribution in [2.45, 2.75) is 6.92 Å². The number of amides is 3. The normalized spacial score (nSPS) is 13.8. The number of carbonyl (C=O) groups is 3. The summed E-state index contributed by atoms with van der Waals surface area (Å²) in [5.41, 5.74) is 1.49. The molecule has 1 aliphatic rings. The molecule has 4 rings (SSSR count). The van der Waals surface area contributed by atoms with Crippen LogP contribution < -0.4 is 5.32 Å². The number of anilines is 1. The Bertz CT molecular complexity index is 1100. The minimum atomic E-state index is -0.394. The fourth-order valence-electron chi connectivity index (χ4n) is 3.41. The minimum absolute atomic E-state index is 0.105. The molecule has 1 aliphatic heterocycles. The van der Waals surface area contributed by atoms with Crippen molar-refractivity contribution in [1.29, 1.82) is 0 Å². The highest BCUT2D eigenvalue weighted by atomic mass is 32.1. The molecule has 1 fully saturated rings. The van der Waals surface area contributed by atoms with E-state index in [0.717, 1.165) is 10.1 Å². The largest absolute Gasteiger partial charge is 0.462 e. The molecule has 8 nitrogen and oxygen atoms in total. The maximum Gasteiger partial charge on any atom is 0.338 e. The molecular weight excluding hydrogens is 416 g/mol. The van der Waals surface area contributed by atoms with Crippen LogP contribution in [0.5, 0.6) is 0 Å². The van der Waals surface area contributed by atoms with Crippen molar-refractivity contribution in [2.24, 2.45) is 0 Å². The van der Waals surface area contributed by atoms with Crippen LogP contribution in [0.15, 0.2) is 48.5 Å². The molecule has 3 aromatic rings. The van der Waals surface area contributed by atoms with Crippen molar-refractivity contribution in [3.05, 3.63) is 59.8 Å². The zero-order valence-electron chi connectivity index (χ0n) is 17.0. The third-order valence-electron chi connectivity index (χ3n) is 5.08. The van der Waals surface area contributed by atoms with E-state index in [2.05, 4.69) is 9.69 Å². The van der Waals surface area contributed by atoms with Gasteiger partial charge in [0.05, 0.1) is 16.9 Å². The van der Waals surface area contributed by atoms with Crippen molar-refractivity contribution in [3.8, 4) is 0 Å². The number of piperazine rings is 1. The Morgan fingerprint density at radius 1 is 1.00 bits per heavy atom. The van der Waals surface area contributed by atoms with Gasteiger partial charge in [0.25, 0.3) is 5.91 Å². The molecule has 0 saturated carbocycles. The SMILES string of the molecule is CCOC(=O)c1ccc(NC(=O)N2CCN(C(=O)c3nsc4ccccc34)CC2)cc1. The Balaban J connectivity index is 1.32. The van der Waals surface area contributed by atoms with Gasteiger partial charge < -0.3 is 19.9 Å². The van der Waals surface area contributed by atoms with E-state index in [1.54, 1.807) is 41.0 Å². The van der Waals surface area contributed by atoms with Crippen LogP contribution in [0, 0.1) is 0 Å². The van der Waals surface area contributed by atoms with Crippen LogP contribution in [0.25, 0.3) is 10.1 Å². The second-order valence-electron chi connectivity index (χ2n) is 7.03. The Morgan fingerprint density at radius 3 is 2.39 bits per heavy atom. The summed E-state index contributed by atoms with van der Waals surface area (Å²) in [5, 5.41) is 3.69. The molecule has 2 aromatic carbocycles. The van der Waals surface area contributed by atoms with Crippen LogP contribution in [-0.2, 0) is 4.74 Å². The average Bonchev–Trinajstić information content (AvgIpc) is 3.23. The van der Waals surface area contributed by atoms with Gasteiger partial charge in [0.15, 0.2) is 0 Å². The summed E-state index contributed by atoms with van der Waals surface area (Å²) in [6, 6.07) is 14.0. The highest BCUT2D eigenvalue weighted by molar-refractivity contribution is 7.13. The van der Waals surface area contributed by atoms with Gasteiger partial charge in [-0.3, -0.25) is 4.79 Å². The average molecular weight is 439 g/mol. The van der Waals surface area contributed by atoms with Gasteiger partial charge in [-0.25, -0.2) is 9.59 Å². The number of nitrogens with zero attached hydrogens (tertiary/aromatic N) is 3. The van der Waals surface area contributed by atoms with Crippen LogP contribution in [0.4, 0.5) is 10.5 Å². The van der Waals surface area contributed by atoms with Gasteiger partial charge in [-0.2, -0.15) is 4.37 Å². The molecule has 0 bridgehead atoms. The van der Waals surface area contributed by atoms with E-state index >= 15 is 0 Å². The number of hydrogen-bond donors (Lipinski definition) is 1. The first-order chi connectivity index (χ1) is 15.1. The number of esters is 1. The second kappa shape index (κ2) is 9.13. The summed E-state index contributed by atoms with van der Waals surface area (Å²) in [6.45, 7) is 3.81. The molecule has 1 N–H and O–H groups in total. The molecule has 0 spiro atoms. The number of urea groups is 1. The number of fused-ring (bicyclic) bond motifs is 1. The maximum absolute atomic E-state index is 12.9. The highest BCUT2D eigenvalue weighted by Gasteiger charge is 2.27. The minimum Gasteiger partial charge on any atom is -0.462 e. The molecule has 2 heterocycles. The van der Waals surface area contributed by atoms with Gasteiger partial charge in [0, 0.05) is 37.3 Å². The first-order valence-electron chi connectivity index (χ1n) is 10.0. The lowest BCUT2D eigenvalue weighted by Crippen LogP contribution is -2.51. The van der Waals surface area contributed by atoms with Gasteiger partial charge in [0.2, 0.25) is 0 Å². The Kier molecular flexibility index (Phi) is 6.13. The summed E-state index contributed by atoms with van der Waals surface area (Å²) in [4.78, 5) is 40.6. The van der Waals surface area contributed by atoms with Crippen LogP contribution in [-0.4, -0.2) is 64.9 Å². The van der Waals surface area contributed by atoms with Gasteiger partial charge in [-0.15, -0.1) is 0 Å². The molecule has 9 heteroatoms. The molecule has 1 aromatic heterocycles.